The van der Waals surface area contributed by atoms with Crippen molar-refractivity contribution in [3.8, 4) is 22.8 Å². The first-order valence-electron chi connectivity index (χ1n) is 9.00. The minimum Gasteiger partial charge on any atom is -0.507 e. The van der Waals surface area contributed by atoms with Gasteiger partial charge in [0, 0.05) is 35.2 Å². The van der Waals surface area contributed by atoms with Crippen LogP contribution in [0.3, 0.4) is 0 Å². The van der Waals surface area contributed by atoms with Gasteiger partial charge in [0.25, 0.3) is 0 Å². The molecule has 2 atom stereocenters. The second-order valence-electron chi connectivity index (χ2n) is 7.34. The third-order valence-corrected chi connectivity index (χ3v) is 5.89. The van der Waals surface area contributed by atoms with Crippen molar-refractivity contribution in [1.82, 2.24) is 5.32 Å². The summed E-state index contributed by atoms with van der Waals surface area (Å²) in [7, 11) is 0. The second kappa shape index (κ2) is 7.88. The summed E-state index contributed by atoms with van der Waals surface area (Å²) in [5, 5.41) is 35.1. The SMILES string of the molecule is C[C@]1(c2c(O)cc(O)c3c(=O)cc(-c4ccccc4Cl)oc23)CCNC[C@H]1O.Cl. The van der Waals surface area contributed by atoms with E-state index in [1.54, 1.807) is 24.3 Å². The van der Waals surface area contributed by atoms with Crippen molar-refractivity contribution in [3.05, 3.63) is 57.2 Å². The van der Waals surface area contributed by atoms with Crippen LogP contribution in [0.2, 0.25) is 5.02 Å². The zero-order valence-corrected chi connectivity index (χ0v) is 17.2. The summed E-state index contributed by atoms with van der Waals surface area (Å²) in [6, 6.07) is 9.33. The molecule has 1 aliphatic heterocycles. The van der Waals surface area contributed by atoms with Crippen molar-refractivity contribution in [2.75, 3.05) is 13.1 Å². The van der Waals surface area contributed by atoms with Gasteiger partial charge in [-0.15, -0.1) is 12.4 Å². The summed E-state index contributed by atoms with van der Waals surface area (Å²) >= 11 is 6.25. The number of fused-ring (bicyclic) bond motifs is 1. The largest absolute Gasteiger partial charge is 0.507 e. The van der Waals surface area contributed by atoms with E-state index in [1.165, 1.54) is 6.07 Å². The van der Waals surface area contributed by atoms with Gasteiger partial charge in [-0.1, -0.05) is 30.7 Å². The number of rotatable bonds is 2. The van der Waals surface area contributed by atoms with Crippen LogP contribution in [0.5, 0.6) is 11.5 Å². The Morgan fingerprint density at radius 1 is 1.21 bits per heavy atom. The quantitative estimate of drug-likeness (QED) is 0.488. The van der Waals surface area contributed by atoms with E-state index in [-0.39, 0.29) is 40.6 Å². The molecule has 1 saturated heterocycles. The number of aliphatic hydroxyl groups excluding tert-OH is 1. The molecule has 6 nitrogen and oxygen atoms in total. The van der Waals surface area contributed by atoms with Gasteiger partial charge in [-0.2, -0.15) is 0 Å². The maximum absolute atomic E-state index is 12.8. The van der Waals surface area contributed by atoms with Crippen molar-refractivity contribution in [1.29, 1.82) is 0 Å². The van der Waals surface area contributed by atoms with Gasteiger partial charge in [-0.3, -0.25) is 4.79 Å². The molecule has 0 bridgehead atoms. The number of phenolic OH excluding ortho intramolecular Hbond substituents is 2. The van der Waals surface area contributed by atoms with Gasteiger partial charge in [-0.05, 0) is 25.1 Å². The molecule has 0 amide bonds. The molecule has 4 N–H and O–H groups in total. The minimum atomic E-state index is -0.865. The first kappa shape index (κ1) is 21.5. The van der Waals surface area contributed by atoms with E-state index < -0.39 is 16.9 Å². The Bertz CT molecular complexity index is 1130. The number of phenols is 2. The van der Waals surface area contributed by atoms with Crippen LogP contribution in [0.1, 0.15) is 18.9 Å². The van der Waals surface area contributed by atoms with Gasteiger partial charge in [0.1, 0.15) is 28.2 Å². The monoisotopic (exact) mass is 437 g/mol. The number of aliphatic hydroxyl groups is 1. The number of benzene rings is 2. The molecule has 29 heavy (non-hydrogen) atoms. The summed E-state index contributed by atoms with van der Waals surface area (Å²) in [6.45, 7) is 2.78. The number of hydrogen-bond donors (Lipinski definition) is 4. The molecule has 4 rings (SSSR count). The molecule has 1 aromatic heterocycles. The van der Waals surface area contributed by atoms with Gasteiger partial charge in [0.2, 0.25) is 0 Å². The third-order valence-electron chi connectivity index (χ3n) is 5.57. The molecule has 154 valence electrons. The molecule has 0 aliphatic carbocycles. The number of aromatic hydroxyl groups is 2. The zero-order valence-electron chi connectivity index (χ0n) is 15.6. The number of β-amino-alcohol motifs (C(OH)–C–C–N with tert-alkyl or cyclic N) is 1. The van der Waals surface area contributed by atoms with Crippen molar-refractivity contribution >= 4 is 35.0 Å². The van der Waals surface area contributed by atoms with Crippen LogP contribution in [0.25, 0.3) is 22.3 Å². The molecule has 0 saturated carbocycles. The lowest BCUT2D eigenvalue weighted by Gasteiger charge is -2.39. The highest BCUT2D eigenvalue weighted by atomic mass is 35.5. The highest BCUT2D eigenvalue weighted by Crippen LogP contribution is 2.45. The molecule has 1 aliphatic rings. The van der Waals surface area contributed by atoms with Crippen molar-refractivity contribution in [2.45, 2.75) is 24.9 Å². The fourth-order valence-corrected chi connectivity index (χ4v) is 4.15. The van der Waals surface area contributed by atoms with E-state index in [0.717, 1.165) is 6.07 Å². The van der Waals surface area contributed by atoms with E-state index in [1.807, 2.05) is 6.92 Å². The van der Waals surface area contributed by atoms with E-state index in [0.29, 0.717) is 35.7 Å². The van der Waals surface area contributed by atoms with E-state index in [9.17, 15) is 20.1 Å². The summed E-state index contributed by atoms with van der Waals surface area (Å²) in [4.78, 5) is 12.8. The highest BCUT2D eigenvalue weighted by Gasteiger charge is 2.41. The van der Waals surface area contributed by atoms with E-state index >= 15 is 0 Å². The molecule has 0 spiro atoms. The van der Waals surface area contributed by atoms with Crippen molar-refractivity contribution in [3.63, 3.8) is 0 Å². The maximum Gasteiger partial charge on any atom is 0.197 e. The molecule has 8 heteroatoms. The fraction of sp³-hybridized carbons (Fsp3) is 0.286. The summed E-state index contributed by atoms with van der Waals surface area (Å²) in [5.74, 6) is -0.378. The van der Waals surface area contributed by atoms with Gasteiger partial charge in [0.15, 0.2) is 5.43 Å². The smallest absolute Gasteiger partial charge is 0.197 e. The number of piperidine rings is 1. The van der Waals surface area contributed by atoms with Crippen LogP contribution >= 0.6 is 24.0 Å². The maximum atomic E-state index is 12.8. The normalized spacial score (nSPS) is 21.7. The Labute approximate surface area is 178 Å². The van der Waals surface area contributed by atoms with Gasteiger partial charge < -0.3 is 25.1 Å². The summed E-state index contributed by atoms with van der Waals surface area (Å²) in [6.07, 6.45) is -0.295. The molecule has 3 aromatic rings. The van der Waals surface area contributed by atoms with Gasteiger partial charge in [0.05, 0.1) is 11.1 Å². The predicted molar refractivity (Wildman–Crippen MR) is 114 cm³/mol. The van der Waals surface area contributed by atoms with Crippen LogP contribution in [0, 0.1) is 0 Å². The number of halogens is 2. The Balaban J connectivity index is 0.00000240. The molecule has 0 unspecified atom stereocenters. The molecule has 0 radical (unpaired) electrons. The Kier molecular flexibility index (Phi) is 5.83. The lowest BCUT2D eigenvalue weighted by Crippen LogP contribution is -2.50. The van der Waals surface area contributed by atoms with E-state index in [4.69, 9.17) is 16.0 Å². The predicted octanol–water partition coefficient (Wildman–Crippen LogP) is 3.56. The van der Waals surface area contributed by atoms with Gasteiger partial charge in [-0.25, -0.2) is 0 Å². The minimum absolute atomic E-state index is 0. The Hall–Kier alpha value is -2.25. The summed E-state index contributed by atoms with van der Waals surface area (Å²) < 4.78 is 6.03. The van der Waals surface area contributed by atoms with Crippen molar-refractivity contribution < 1.29 is 19.7 Å². The molecule has 2 heterocycles. The molecule has 1 fully saturated rings. The molecule has 2 aromatic carbocycles. The zero-order chi connectivity index (χ0) is 20.1. The number of hydrogen-bond acceptors (Lipinski definition) is 6. The number of nitrogens with one attached hydrogen (secondary N) is 1. The highest BCUT2D eigenvalue weighted by molar-refractivity contribution is 6.33. The average molecular weight is 438 g/mol. The third kappa shape index (κ3) is 3.46. The van der Waals surface area contributed by atoms with Crippen LogP contribution in [0.4, 0.5) is 0 Å². The fourth-order valence-electron chi connectivity index (χ4n) is 3.92. The standard InChI is InChI=1S/C21H20ClNO5.ClH/c1-21(6-7-23-10-17(21)27)19-15(26)8-13(24)18-14(25)9-16(28-20(18)19)11-4-2-3-5-12(11)22;/h2-5,8-9,17,23-24,26-27H,6-7,10H2,1H3;1H/t17-,21+;/m1./s1. The Morgan fingerprint density at radius 2 is 1.93 bits per heavy atom. The molecular weight excluding hydrogens is 417 g/mol. The average Bonchev–Trinajstić information content (AvgIpc) is 2.64. The van der Waals surface area contributed by atoms with Crippen LogP contribution in [0.15, 0.2) is 45.6 Å². The van der Waals surface area contributed by atoms with E-state index in [2.05, 4.69) is 5.32 Å². The second-order valence-corrected chi connectivity index (χ2v) is 7.74. The van der Waals surface area contributed by atoms with Crippen LogP contribution in [-0.4, -0.2) is 34.5 Å². The van der Waals surface area contributed by atoms with Gasteiger partial charge >= 0.3 is 0 Å². The van der Waals surface area contributed by atoms with Crippen LogP contribution < -0.4 is 10.7 Å². The topological polar surface area (TPSA) is 103 Å². The Morgan fingerprint density at radius 3 is 2.62 bits per heavy atom. The summed E-state index contributed by atoms with van der Waals surface area (Å²) in [5.41, 5.74) is -0.436. The van der Waals surface area contributed by atoms with Crippen molar-refractivity contribution in [2.24, 2.45) is 0 Å². The lowest BCUT2D eigenvalue weighted by atomic mass is 9.72. The first-order chi connectivity index (χ1) is 13.3. The first-order valence-corrected chi connectivity index (χ1v) is 9.37. The molecular formula is C21H21Cl2NO5. The lowest BCUT2D eigenvalue weighted by molar-refractivity contribution is 0.0627. The van der Waals surface area contributed by atoms with Crippen LogP contribution in [-0.2, 0) is 5.41 Å².